The maximum absolute atomic E-state index is 14.0. The van der Waals surface area contributed by atoms with Gasteiger partial charge in [-0.25, -0.2) is 17.2 Å². The number of hydrogen-bond donors (Lipinski definition) is 4. The van der Waals surface area contributed by atoms with Crippen LogP contribution in [0.4, 0.5) is 20.2 Å². The maximum atomic E-state index is 14.0. The molecule has 0 saturated carbocycles. The average molecular weight is 645 g/mol. The fourth-order valence-corrected chi connectivity index (χ4v) is 6.81. The van der Waals surface area contributed by atoms with Gasteiger partial charge in [0.1, 0.15) is 11.6 Å². The van der Waals surface area contributed by atoms with Gasteiger partial charge < -0.3 is 21.1 Å². The molecule has 1 fully saturated rings. The fourth-order valence-electron chi connectivity index (χ4n) is 5.19. The molecule has 12 heteroatoms. The molecule has 3 rings (SSSR count). The molecule has 2 aromatic carbocycles. The molecule has 2 aromatic rings. The van der Waals surface area contributed by atoms with E-state index in [1.54, 1.807) is 12.1 Å². The smallest absolute Gasteiger partial charge is 0.251 e. The summed E-state index contributed by atoms with van der Waals surface area (Å²) in [6.45, 7) is 9.33. The highest BCUT2D eigenvalue weighted by atomic mass is 35.5. The van der Waals surface area contributed by atoms with Crippen LogP contribution in [0.1, 0.15) is 75.7 Å². The molecule has 0 radical (unpaired) electrons. The molecule has 0 spiro atoms. The van der Waals surface area contributed by atoms with Crippen molar-refractivity contribution in [2.45, 2.75) is 84.4 Å². The van der Waals surface area contributed by atoms with Gasteiger partial charge in [0.25, 0.3) is 5.91 Å². The second-order valence-corrected chi connectivity index (χ2v) is 13.7. The van der Waals surface area contributed by atoms with Gasteiger partial charge in [0.2, 0.25) is 10.0 Å². The molecule has 1 unspecified atom stereocenters. The van der Waals surface area contributed by atoms with Crippen molar-refractivity contribution in [3.8, 4) is 0 Å². The normalized spacial score (nSPS) is 16.7. The van der Waals surface area contributed by atoms with E-state index in [1.807, 2.05) is 13.8 Å². The molecule has 8 nitrogen and oxygen atoms in total. The number of sulfonamides is 1. The summed E-state index contributed by atoms with van der Waals surface area (Å²) in [6.07, 6.45) is 3.30. The molecule has 1 heterocycles. The van der Waals surface area contributed by atoms with Gasteiger partial charge in [-0.15, -0.1) is 12.4 Å². The second-order valence-electron chi connectivity index (χ2n) is 11.7. The van der Waals surface area contributed by atoms with Crippen LogP contribution in [-0.4, -0.2) is 63.0 Å². The van der Waals surface area contributed by atoms with Crippen molar-refractivity contribution in [1.29, 1.82) is 0 Å². The lowest BCUT2D eigenvalue weighted by Crippen LogP contribution is -2.49. The Morgan fingerprint density at radius 3 is 2.35 bits per heavy atom. The Balaban J connectivity index is 0.00000645. The van der Waals surface area contributed by atoms with E-state index in [4.69, 9.17) is 0 Å². The molecule has 3 atom stereocenters. The summed E-state index contributed by atoms with van der Waals surface area (Å²) >= 11 is 0. The molecule has 0 bridgehead atoms. The van der Waals surface area contributed by atoms with Crippen LogP contribution >= 0.6 is 12.4 Å². The molecular formula is C31H47ClF2N4O4S. The predicted molar refractivity (Wildman–Crippen MR) is 172 cm³/mol. The number of amides is 1. The third-order valence-corrected chi connectivity index (χ3v) is 9.32. The Morgan fingerprint density at radius 2 is 1.72 bits per heavy atom. The summed E-state index contributed by atoms with van der Waals surface area (Å²) in [4.78, 5) is 13.6. The molecule has 0 aliphatic carbocycles. The topological polar surface area (TPSA) is 111 Å². The number of anilines is 2. The number of nitrogens with one attached hydrogen (secondary N) is 3. The summed E-state index contributed by atoms with van der Waals surface area (Å²) in [6, 6.07) is 7.25. The quantitative estimate of drug-likeness (QED) is 0.211. The zero-order valence-corrected chi connectivity index (χ0v) is 27.2. The number of halogens is 3. The first-order valence-corrected chi connectivity index (χ1v) is 16.6. The predicted octanol–water partition coefficient (Wildman–Crippen LogP) is 5.25. The molecular weight excluding hydrogens is 598 g/mol. The number of aliphatic hydroxyl groups excluding tert-OH is 1. The fraction of sp³-hybridized carbons (Fsp3) is 0.581. The summed E-state index contributed by atoms with van der Waals surface area (Å²) in [5.41, 5.74) is 1.48. The summed E-state index contributed by atoms with van der Waals surface area (Å²) < 4.78 is 54.9. The Labute approximate surface area is 261 Å². The highest BCUT2D eigenvalue weighted by molar-refractivity contribution is 7.92. The highest BCUT2D eigenvalue weighted by Gasteiger charge is 2.28. The number of hydrogen-bond acceptors (Lipinski definition) is 6. The second kappa shape index (κ2) is 17.1. The van der Waals surface area contributed by atoms with Gasteiger partial charge >= 0.3 is 0 Å². The Kier molecular flexibility index (Phi) is 14.6. The van der Waals surface area contributed by atoms with Gasteiger partial charge in [-0.2, -0.15) is 0 Å². The van der Waals surface area contributed by atoms with Gasteiger partial charge in [-0.1, -0.05) is 26.7 Å². The summed E-state index contributed by atoms with van der Waals surface area (Å²) in [5, 5.41) is 20.5. The molecule has 1 aliphatic heterocycles. The standard InChI is InChI=1S/C31H46F2N4O4S.ClH/c1-5-34-27-16-24(17-28(19-27)37-11-6-7-12-42(37,40)41)31(39)36-29(15-23-13-25(32)18-26(33)14-23)30(38)20-35-22(4)10-8-9-21(2)3;/h13-14,16-19,21-22,29-30,34-35,38H,5-12,15,20H2,1-4H3,(H,36,39);1H/t22?,29-,30+;/m0./s1. The lowest BCUT2D eigenvalue weighted by molar-refractivity contribution is 0.0825. The molecule has 1 aliphatic rings. The van der Waals surface area contributed by atoms with Crippen LogP contribution in [0.2, 0.25) is 0 Å². The number of nitrogens with zero attached hydrogens (tertiary/aromatic N) is 1. The van der Waals surface area contributed by atoms with E-state index in [9.17, 15) is 27.1 Å². The number of aliphatic hydroxyl groups is 1. The first-order chi connectivity index (χ1) is 19.9. The zero-order chi connectivity index (χ0) is 30.9. The average Bonchev–Trinajstić information content (AvgIpc) is 2.90. The number of rotatable bonds is 15. The third-order valence-electron chi connectivity index (χ3n) is 7.45. The van der Waals surface area contributed by atoms with Crippen molar-refractivity contribution >= 4 is 39.7 Å². The van der Waals surface area contributed by atoms with Crippen molar-refractivity contribution in [2.24, 2.45) is 5.92 Å². The lowest BCUT2D eigenvalue weighted by Gasteiger charge is -2.29. The Bertz CT molecular complexity index is 1280. The van der Waals surface area contributed by atoms with Crippen LogP contribution in [0.15, 0.2) is 36.4 Å². The third kappa shape index (κ3) is 11.5. The summed E-state index contributed by atoms with van der Waals surface area (Å²) in [5.74, 6) is -1.37. The molecule has 1 amide bonds. The summed E-state index contributed by atoms with van der Waals surface area (Å²) in [7, 11) is -3.51. The SMILES string of the molecule is CCNc1cc(C(=O)N[C@@H](Cc2cc(F)cc(F)c2)[C@H](O)CNC(C)CCCC(C)C)cc(N2CCCCS2(=O)=O)c1.Cl. The van der Waals surface area contributed by atoms with Crippen LogP contribution < -0.4 is 20.3 Å². The number of carbonyl (C=O) groups excluding carboxylic acids is 1. The van der Waals surface area contributed by atoms with Crippen molar-refractivity contribution in [3.63, 3.8) is 0 Å². The van der Waals surface area contributed by atoms with E-state index in [0.29, 0.717) is 48.8 Å². The minimum atomic E-state index is -3.51. The molecule has 0 aromatic heterocycles. The molecule has 242 valence electrons. The van der Waals surface area contributed by atoms with Gasteiger partial charge in [-0.3, -0.25) is 9.10 Å². The van der Waals surface area contributed by atoms with Crippen LogP contribution in [0.25, 0.3) is 0 Å². The van der Waals surface area contributed by atoms with Gasteiger partial charge in [0.05, 0.1) is 23.6 Å². The Hall–Kier alpha value is -2.47. The van der Waals surface area contributed by atoms with Crippen LogP contribution in [-0.2, 0) is 16.4 Å². The monoisotopic (exact) mass is 644 g/mol. The van der Waals surface area contributed by atoms with Gasteiger partial charge in [0.15, 0.2) is 0 Å². The van der Waals surface area contributed by atoms with Crippen molar-refractivity contribution in [2.75, 3.05) is 35.0 Å². The highest BCUT2D eigenvalue weighted by Crippen LogP contribution is 2.28. The first-order valence-electron chi connectivity index (χ1n) is 14.9. The zero-order valence-electron chi connectivity index (χ0n) is 25.5. The first kappa shape index (κ1) is 36.7. The van der Waals surface area contributed by atoms with E-state index in [2.05, 4.69) is 29.8 Å². The van der Waals surface area contributed by atoms with E-state index in [-0.39, 0.29) is 42.7 Å². The van der Waals surface area contributed by atoms with E-state index >= 15 is 0 Å². The van der Waals surface area contributed by atoms with E-state index in [1.165, 1.54) is 22.5 Å². The van der Waals surface area contributed by atoms with E-state index < -0.39 is 39.7 Å². The largest absolute Gasteiger partial charge is 0.390 e. The van der Waals surface area contributed by atoms with Gasteiger partial charge in [0, 0.05) is 43.0 Å². The lowest BCUT2D eigenvalue weighted by atomic mass is 9.99. The molecule has 43 heavy (non-hydrogen) atoms. The Morgan fingerprint density at radius 1 is 1.02 bits per heavy atom. The van der Waals surface area contributed by atoms with Gasteiger partial charge in [-0.05, 0) is 81.3 Å². The van der Waals surface area contributed by atoms with Crippen LogP contribution in [0, 0.1) is 17.6 Å². The maximum Gasteiger partial charge on any atom is 0.251 e. The number of benzene rings is 2. The van der Waals surface area contributed by atoms with Crippen LogP contribution in [0.3, 0.4) is 0 Å². The minimum Gasteiger partial charge on any atom is -0.390 e. The molecule has 4 N–H and O–H groups in total. The van der Waals surface area contributed by atoms with E-state index in [0.717, 1.165) is 25.3 Å². The van der Waals surface area contributed by atoms with Crippen molar-refractivity contribution in [1.82, 2.24) is 10.6 Å². The van der Waals surface area contributed by atoms with Crippen LogP contribution in [0.5, 0.6) is 0 Å². The van der Waals surface area contributed by atoms with Crippen molar-refractivity contribution in [3.05, 3.63) is 59.2 Å². The van der Waals surface area contributed by atoms with Crippen molar-refractivity contribution < 1.29 is 27.1 Å². The molecule has 1 saturated heterocycles. The minimum absolute atomic E-state index is 0. The number of carbonyl (C=O) groups is 1.